The van der Waals surface area contributed by atoms with Crippen LogP contribution >= 0.6 is 47.0 Å². The van der Waals surface area contributed by atoms with Gasteiger partial charge in [0.1, 0.15) is 0 Å². The van der Waals surface area contributed by atoms with Crippen LogP contribution in [0.15, 0.2) is 80.3 Å². The normalized spacial score (nSPS) is 21.3. The summed E-state index contributed by atoms with van der Waals surface area (Å²) in [6.45, 7) is 0. The van der Waals surface area contributed by atoms with Crippen LogP contribution in [0.5, 0.6) is 0 Å². The first-order valence-electron chi connectivity index (χ1n) is 8.20. The van der Waals surface area contributed by atoms with Gasteiger partial charge in [0.25, 0.3) is 0 Å². The SMILES string of the molecule is C(=C1/SCS/C(=C/c2ccccc2)C1=C1SCCS1)/c1ccccc1. The molecule has 4 rings (SSSR count). The lowest BCUT2D eigenvalue weighted by Crippen LogP contribution is -1.98. The van der Waals surface area contributed by atoms with Crippen LogP contribution in [0, 0.1) is 0 Å². The van der Waals surface area contributed by atoms with Crippen molar-refractivity contribution in [3.05, 3.63) is 91.4 Å². The highest BCUT2D eigenvalue weighted by atomic mass is 32.2. The smallest absolute Gasteiger partial charge is 0.0497 e. The third kappa shape index (κ3) is 4.43. The van der Waals surface area contributed by atoms with Gasteiger partial charge in [-0.1, -0.05) is 60.7 Å². The fourth-order valence-corrected chi connectivity index (χ4v) is 8.03. The summed E-state index contributed by atoms with van der Waals surface area (Å²) in [6, 6.07) is 21.4. The summed E-state index contributed by atoms with van der Waals surface area (Å²) in [7, 11) is 0. The number of thioether (sulfide) groups is 4. The molecule has 0 atom stereocenters. The predicted octanol–water partition coefficient (Wildman–Crippen LogP) is 7.20. The van der Waals surface area contributed by atoms with Gasteiger partial charge in [0.05, 0.1) is 0 Å². The number of allylic oxidation sites excluding steroid dienone is 2. The van der Waals surface area contributed by atoms with E-state index in [-0.39, 0.29) is 0 Å². The van der Waals surface area contributed by atoms with Crippen molar-refractivity contribution in [1.29, 1.82) is 0 Å². The van der Waals surface area contributed by atoms with Crippen LogP contribution in [0.1, 0.15) is 11.1 Å². The van der Waals surface area contributed by atoms with Crippen molar-refractivity contribution in [1.82, 2.24) is 0 Å². The van der Waals surface area contributed by atoms with Crippen LogP contribution in [-0.4, -0.2) is 16.6 Å². The summed E-state index contributed by atoms with van der Waals surface area (Å²) < 4.78 is 1.49. The fraction of sp³-hybridized carbons (Fsp3) is 0.143. The molecule has 0 spiro atoms. The van der Waals surface area contributed by atoms with Gasteiger partial charge in [0.15, 0.2) is 0 Å². The van der Waals surface area contributed by atoms with Gasteiger partial charge in [-0.2, -0.15) is 0 Å². The van der Waals surface area contributed by atoms with Gasteiger partial charge in [-0.05, 0) is 23.3 Å². The molecule has 2 saturated heterocycles. The molecule has 0 amide bonds. The Balaban J connectivity index is 1.78. The molecule has 2 aromatic carbocycles. The molecule has 0 N–H and O–H groups in total. The largest absolute Gasteiger partial charge is 0.118 e. The molecule has 0 saturated carbocycles. The van der Waals surface area contributed by atoms with Crippen LogP contribution < -0.4 is 0 Å². The second kappa shape index (κ2) is 8.63. The molecule has 4 heteroatoms. The van der Waals surface area contributed by atoms with Crippen LogP contribution in [-0.2, 0) is 0 Å². The third-order valence-electron chi connectivity index (χ3n) is 3.87. The van der Waals surface area contributed by atoms with Crippen molar-refractivity contribution in [3.8, 4) is 0 Å². The molecule has 0 bridgehead atoms. The summed E-state index contributed by atoms with van der Waals surface area (Å²) in [5.74, 6) is 2.44. The predicted molar refractivity (Wildman–Crippen MR) is 121 cm³/mol. The van der Waals surface area contributed by atoms with Crippen LogP contribution in [0.3, 0.4) is 0 Å². The Bertz CT molecular complexity index is 752. The first-order valence-corrected chi connectivity index (χ1v) is 12.1. The van der Waals surface area contributed by atoms with Crippen molar-refractivity contribution >= 4 is 59.2 Å². The molecule has 2 fully saturated rings. The van der Waals surface area contributed by atoms with E-state index in [1.165, 1.54) is 42.3 Å². The van der Waals surface area contributed by atoms with Gasteiger partial charge in [-0.15, -0.1) is 47.0 Å². The number of rotatable bonds is 2. The fourth-order valence-electron chi connectivity index (χ4n) is 2.71. The molecule has 2 aliphatic rings. The summed E-state index contributed by atoms with van der Waals surface area (Å²) in [5, 5.41) is 1.07. The van der Waals surface area contributed by atoms with Crippen LogP contribution in [0.4, 0.5) is 0 Å². The Hall–Kier alpha value is -0.940. The molecule has 0 aliphatic carbocycles. The number of hydrogen-bond donors (Lipinski definition) is 0. The minimum absolute atomic E-state index is 1.07. The average molecular weight is 399 g/mol. The van der Waals surface area contributed by atoms with E-state index in [0.717, 1.165) is 5.08 Å². The maximum absolute atomic E-state index is 2.35. The van der Waals surface area contributed by atoms with Gasteiger partial charge < -0.3 is 0 Å². The summed E-state index contributed by atoms with van der Waals surface area (Å²) in [6.07, 6.45) is 4.70. The van der Waals surface area contributed by atoms with Gasteiger partial charge in [-0.25, -0.2) is 0 Å². The zero-order chi connectivity index (χ0) is 16.9. The molecule has 0 aromatic heterocycles. The molecule has 0 radical (unpaired) electrons. The second-order valence-electron chi connectivity index (χ2n) is 5.60. The first-order chi connectivity index (χ1) is 12.4. The Morgan fingerprint density at radius 1 is 0.600 bits per heavy atom. The molecule has 0 unspecified atom stereocenters. The highest BCUT2D eigenvalue weighted by Gasteiger charge is 2.25. The molecular formula is C21H18S4. The molecule has 2 aliphatic heterocycles. The monoisotopic (exact) mass is 398 g/mol. The molecule has 2 heterocycles. The van der Waals surface area contributed by atoms with Crippen molar-refractivity contribution in [2.24, 2.45) is 0 Å². The maximum atomic E-state index is 2.35. The standard InChI is InChI=1S/C21H18S4/c1-3-7-16(8-4-1)13-18-20(21-22-11-12-23-21)19(25-15-24-18)14-17-9-5-2-6-10-17/h1-10,13-14H,11-12,15H2/b18-13-,19-14+. The molecule has 25 heavy (non-hydrogen) atoms. The third-order valence-corrected chi connectivity index (χ3v) is 8.79. The van der Waals surface area contributed by atoms with Gasteiger partial charge >= 0.3 is 0 Å². The zero-order valence-electron chi connectivity index (χ0n) is 13.7. The molecule has 2 aromatic rings. The summed E-state index contributed by atoms with van der Waals surface area (Å²) in [4.78, 5) is 2.81. The Labute approximate surface area is 166 Å². The quantitative estimate of drug-likeness (QED) is 0.524. The number of benzene rings is 2. The average Bonchev–Trinajstić information content (AvgIpc) is 3.18. The van der Waals surface area contributed by atoms with Crippen molar-refractivity contribution in [2.45, 2.75) is 0 Å². The van der Waals surface area contributed by atoms with E-state index >= 15 is 0 Å². The van der Waals surface area contributed by atoms with Crippen LogP contribution in [0.25, 0.3) is 12.2 Å². The Morgan fingerprint density at radius 2 is 1.08 bits per heavy atom. The zero-order valence-corrected chi connectivity index (χ0v) is 16.9. The Morgan fingerprint density at radius 3 is 1.56 bits per heavy atom. The molecule has 126 valence electrons. The summed E-state index contributed by atoms with van der Waals surface area (Å²) in [5.41, 5.74) is 4.01. The lowest BCUT2D eigenvalue weighted by atomic mass is 10.1. The van der Waals surface area contributed by atoms with Gasteiger partial charge in [0.2, 0.25) is 0 Å². The second-order valence-corrected chi connectivity index (χ2v) is 10.5. The first kappa shape index (κ1) is 17.5. The van der Waals surface area contributed by atoms with Gasteiger partial charge in [0, 0.05) is 36.2 Å². The van der Waals surface area contributed by atoms with E-state index in [9.17, 15) is 0 Å². The minimum atomic E-state index is 1.07. The van der Waals surface area contributed by atoms with E-state index in [0.29, 0.717) is 0 Å². The summed E-state index contributed by atoms with van der Waals surface area (Å²) >= 11 is 7.96. The molecular weight excluding hydrogens is 380 g/mol. The van der Waals surface area contributed by atoms with Crippen LogP contribution in [0.2, 0.25) is 0 Å². The van der Waals surface area contributed by atoms with E-state index < -0.39 is 0 Å². The van der Waals surface area contributed by atoms with E-state index in [1.807, 2.05) is 47.0 Å². The Kier molecular flexibility index (Phi) is 6.03. The highest BCUT2D eigenvalue weighted by molar-refractivity contribution is 8.25. The maximum Gasteiger partial charge on any atom is 0.0497 e. The lowest BCUT2D eigenvalue weighted by Gasteiger charge is -2.23. The van der Waals surface area contributed by atoms with E-state index in [2.05, 4.69) is 72.8 Å². The molecule has 0 nitrogen and oxygen atoms in total. The lowest BCUT2D eigenvalue weighted by molar-refractivity contribution is 1.59. The van der Waals surface area contributed by atoms with Crippen molar-refractivity contribution < 1.29 is 0 Å². The van der Waals surface area contributed by atoms with Crippen molar-refractivity contribution in [3.63, 3.8) is 0 Å². The van der Waals surface area contributed by atoms with E-state index in [4.69, 9.17) is 0 Å². The van der Waals surface area contributed by atoms with Crippen molar-refractivity contribution in [2.75, 3.05) is 16.6 Å². The van der Waals surface area contributed by atoms with Gasteiger partial charge in [-0.3, -0.25) is 0 Å². The topological polar surface area (TPSA) is 0 Å². The van der Waals surface area contributed by atoms with E-state index in [1.54, 1.807) is 0 Å². The highest BCUT2D eigenvalue weighted by Crippen LogP contribution is 2.52. The number of hydrogen-bond acceptors (Lipinski definition) is 4. The minimum Gasteiger partial charge on any atom is -0.118 e.